The van der Waals surface area contributed by atoms with Crippen molar-refractivity contribution < 1.29 is 9.53 Å². The average molecular weight is 232 g/mol. The summed E-state index contributed by atoms with van der Waals surface area (Å²) in [5.41, 5.74) is 6.77. The molecule has 6 nitrogen and oxygen atoms in total. The number of carbonyl (C=O) groups excluding carboxylic acids is 1. The predicted octanol–water partition coefficient (Wildman–Crippen LogP) is 1.03. The molecule has 2 rings (SSSR count). The van der Waals surface area contributed by atoms with Gasteiger partial charge in [0.15, 0.2) is 5.69 Å². The van der Waals surface area contributed by atoms with Gasteiger partial charge in [0.1, 0.15) is 12.1 Å². The molecule has 0 amide bonds. The van der Waals surface area contributed by atoms with Gasteiger partial charge in [0, 0.05) is 12.4 Å². The molecule has 2 N–H and O–H groups in total. The summed E-state index contributed by atoms with van der Waals surface area (Å²) in [6.45, 7) is 2.02. The number of hydrogen-bond acceptors (Lipinski definition) is 5. The van der Waals surface area contributed by atoms with E-state index in [9.17, 15) is 4.79 Å². The fraction of sp³-hybridized carbons (Fsp3) is 0.182. The van der Waals surface area contributed by atoms with Gasteiger partial charge in [-0.25, -0.2) is 9.78 Å². The molecule has 0 radical (unpaired) electrons. The number of nitrogen functional groups attached to an aromatic ring is 1. The van der Waals surface area contributed by atoms with E-state index in [0.29, 0.717) is 6.61 Å². The van der Waals surface area contributed by atoms with Crippen molar-refractivity contribution in [2.45, 2.75) is 6.92 Å². The number of ether oxygens (including phenoxy) is 1. The topological polar surface area (TPSA) is 83.0 Å². The second kappa shape index (κ2) is 4.65. The lowest BCUT2D eigenvalue weighted by Gasteiger charge is -2.04. The molecule has 2 aromatic heterocycles. The Kier molecular flexibility index (Phi) is 3.04. The third-order valence-corrected chi connectivity index (χ3v) is 2.21. The standard InChI is InChI=1S/C11H12N4O2/c1-2-17-11(16)9-10(12)15(7-14-9)8-3-5-13-6-4-8/h3-7H,2,12H2,1H3. The zero-order valence-corrected chi connectivity index (χ0v) is 9.33. The van der Waals surface area contributed by atoms with Crippen molar-refractivity contribution >= 4 is 11.8 Å². The molecule has 17 heavy (non-hydrogen) atoms. The van der Waals surface area contributed by atoms with E-state index in [0.717, 1.165) is 5.69 Å². The summed E-state index contributed by atoms with van der Waals surface area (Å²) in [6.07, 6.45) is 4.76. The van der Waals surface area contributed by atoms with Gasteiger partial charge in [-0.3, -0.25) is 9.55 Å². The van der Waals surface area contributed by atoms with Crippen LogP contribution in [0.3, 0.4) is 0 Å². The van der Waals surface area contributed by atoms with Gasteiger partial charge < -0.3 is 10.5 Å². The van der Waals surface area contributed by atoms with Gasteiger partial charge in [-0.1, -0.05) is 0 Å². The lowest BCUT2D eigenvalue weighted by Crippen LogP contribution is -2.09. The molecule has 0 saturated carbocycles. The molecule has 88 valence electrons. The number of carbonyl (C=O) groups is 1. The highest BCUT2D eigenvalue weighted by Crippen LogP contribution is 2.16. The molecule has 0 aliphatic heterocycles. The van der Waals surface area contributed by atoms with Gasteiger partial charge in [-0.2, -0.15) is 0 Å². The fourth-order valence-electron chi connectivity index (χ4n) is 1.43. The van der Waals surface area contributed by atoms with Crippen molar-refractivity contribution in [3.05, 3.63) is 36.5 Å². The highest BCUT2D eigenvalue weighted by molar-refractivity contribution is 5.92. The van der Waals surface area contributed by atoms with E-state index in [-0.39, 0.29) is 11.5 Å². The number of nitrogens with two attached hydrogens (primary N) is 1. The second-order valence-electron chi connectivity index (χ2n) is 3.27. The number of rotatable bonds is 3. The first-order valence-electron chi connectivity index (χ1n) is 5.14. The summed E-state index contributed by atoms with van der Waals surface area (Å²) >= 11 is 0. The highest BCUT2D eigenvalue weighted by atomic mass is 16.5. The monoisotopic (exact) mass is 232 g/mol. The Hall–Kier alpha value is -2.37. The van der Waals surface area contributed by atoms with E-state index in [1.807, 2.05) is 0 Å². The maximum absolute atomic E-state index is 11.5. The first-order chi connectivity index (χ1) is 8.24. The zero-order chi connectivity index (χ0) is 12.3. The molecule has 2 aromatic rings. The highest BCUT2D eigenvalue weighted by Gasteiger charge is 2.17. The summed E-state index contributed by atoms with van der Waals surface area (Å²) in [5.74, 6) is -0.257. The second-order valence-corrected chi connectivity index (χ2v) is 3.27. The van der Waals surface area contributed by atoms with Crippen LogP contribution in [-0.2, 0) is 4.74 Å². The number of aromatic nitrogens is 3. The molecular weight excluding hydrogens is 220 g/mol. The van der Waals surface area contributed by atoms with Crippen molar-refractivity contribution in [3.63, 3.8) is 0 Å². The Morgan fingerprint density at radius 3 is 2.82 bits per heavy atom. The molecule has 0 spiro atoms. The third kappa shape index (κ3) is 2.10. The van der Waals surface area contributed by atoms with Crippen molar-refractivity contribution in [2.75, 3.05) is 12.3 Å². The molecule has 2 heterocycles. The molecule has 6 heteroatoms. The lowest BCUT2D eigenvalue weighted by molar-refractivity contribution is 0.0521. The maximum atomic E-state index is 11.5. The minimum Gasteiger partial charge on any atom is -0.461 e. The number of pyridine rings is 1. The van der Waals surface area contributed by atoms with E-state index in [4.69, 9.17) is 10.5 Å². The van der Waals surface area contributed by atoms with Crippen LogP contribution in [0, 0.1) is 0 Å². The zero-order valence-electron chi connectivity index (χ0n) is 9.33. The SMILES string of the molecule is CCOC(=O)c1ncn(-c2ccncc2)c1N. The minimum absolute atomic E-state index is 0.128. The normalized spacial score (nSPS) is 10.2. The van der Waals surface area contributed by atoms with E-state index < -0.39 is 5.97 Å². The fourth-order valence-corrected chi connectivity index (χ4v) is 1.43. The average Bonchev–Trinajstić information content (AvgIpc) is 2.72. The van der Waals surface area contributed by atoms with Crippen LogP contribution < -0.4 is 5.73 Å². The van der Waals surface area contributed by atoms with Crippen LogP contribution >= 0.6 is 0 Å². The predicted molar refractivity (Wildman–Crippen MR) is 61.7 cm³/mol. The van der Waals surface area contributed by atoms with E-state index in [1.54, 1.807) is 36.0 Å². The molecular formula is C11H12N4O2. The maximum Gasteiger partial charge on any atom is 0.360 e. The van der Waals surface area contributed by atoms with Gasteiger partial charge in [-0.05, 0) is 19.1 Å². The van der Waals surface area contributed by atoms with Crippen molar-refractivity contribution in [3.8, 4) is 5.69 Å². The van der Waals surface area contributed by atoms with E-state index in [2.05, 4.69) is 9.97 Å². The van der Waals surface area contributed by atoms with Gasteiger partial charge >= 0.3 is 5.97 Å². The van der Waals surface area contributed by atoms with Crippen molar-refractivity contribution in [1.29, 1.82) is 0 Å². The quantitative estimate of drug-likeness (QED) is 0.799. The van der Waals surface area contributed by atoms with Crippen LogP contribution in [0.2, 0.25) is 0 Å². The Morgan fingerprint density at radius 2 is 2.18 bits per heavy atom. The first-order valence-corrected chi connectivity index (χ1v) is 5.14. The van der Waals surface area contributed by atoms with E-state index in [1.165, 1.54) is 6.33 Å². The largest absolute Gasteiger partial charge is 0.461 e. The Balaban J connectivity index is 2.37. The molecule has 0 aromatic carbocycles. The summed E-state index contributed by atoms with van der Waals surface area (Å²) in [7, 11) is 0. The Bertz CT molecular complexity index is 522. The van der Waals surface area contributed by atoms with Crippen LogP contribution in [0.4, 0.5) is 5.82 Å². The third-order valence-electron chi connectivity index (χ3n) is 2.21. The van der Waals surface area contributed by atoms with Crippen LogP contribution in [-0.4, -0.2) is 27.1 Å². The van der Waals surface area contributed by atoms with Gasteiger partial charge in [0.05, 0.1) is 12.3 Å². The molecule has 0 aliphatic rings. The van der Waals surface area contributed by atoms with Crippen LogP contribution in [0.15, 0.2) is 30.9 Å². The molecule has 0 atom stereocenters. The minimum atomic E-state index is -0.516. The van der Waals surface area contributed by atoms with Gasteiger partial charge in [-0.15, -0.1) is 0 Å². The summed E-state index contributed by atoms with van der Waals surface area (Å²) in [4.78, 5) is 19.4. The van der Waals surface area contributed by atoms with Crippen LogP contribution in [0.25, 0.3) is 5.69 Å². The van der Waals surface area contributed by atoms with E-state index >= 15 is 0 Å². The van der Waals surface area contributed by atoms with Gasteiger partial charge in [0.2, 0.25) is 0 Å². The number of nitrogens with zero attached hydrogens (tertiary/aromatic N) is 3. The Labute approximate surface area is 98.1 Å². The number of anilines is 1. The molecule has 0 fully saturated rings. The van der Waals surface area contributed by atoms with Crippen molar-refractivity contribution in [2.24, 2.45) is 0 Å². The van der Waals surface area contributed by atoms with Crippen LogP contribution in [0.5, 0.6) is 0 Å². The van der Waals surface area contributed by atoms with Crippen molar-refractivity contribution in [1.82, 2.24) is 14.5 Å². The van der Waals surface area contributed by atoms with Gasteiger partial charge in [0.25, 0.3) is 0 Å². The molecule has 0 bridgehead atoms. The molecule has 0 saturated heterocycles. The number of hydrogen-bond donors (Lipinski definition) is 1. The van der Waals surface area contributed by atoms with Crippen LogP contribution in [0.1, 0.15) is 17.4 Å². The molecule has 0 unspecified atom stereocenters. The smallest absolute Gasteiger partial charge is 0.360 e. The summed E-state index contributed by atoms with van der Waals surface area (Å²) < 4.78 is 6.46. The number of imidazole rings is 1. The molecule has 0 aliphatic carbocycles. The Morgan fingerprint density at radius 1 is 1.47 bits per heavy atom. The first kappa shape index (κ1) is 11.1. The lowest BCUT2D eigenvalue weighted by atomic mass is 10.4. The summed E-state index contributed by atoms with van der Waals surface area (Å²) in [6, 6.07) is 3.54. The number of esters is 1. The summed E-state index contributed by atoms with van der Waals surface area (Å²) in [5, 5.41) is 0.